The first-order chi connectivity index (χ1) is 17.4. The van der Waals surface area contributed by atoms with E-state index in [1.54, 1.807) is 7.11 Å². The van der Waals surface area contributed by atoms with Crippen molar-refractivity contribution in [3.63, 3.8) is 0 Å². The normalized spacial score (nSPS) is 29.1. The highest BCUT2D eigenvalue weighted by Crippen LogP contribution is 2.61. The molecule has 7 heteroatoms. The van der Waals surface area contributed by atoms with E-state index in [0.717, 1.165) is 35.5 Å². The van der Waals surface area contributed by atoms with E-state index in [0.29, 0.717) is 45.4 Å². The maximum atomic E-state index is 12.9. The predicted molar refractivity (Wildman–Crippen MR) is 137 cm³/mol. The van der Waals surface area contributed by atoms with Gasteiger partial charge in [0.25, 0.3) is 0 Å². The van der Waals surface area contributed by atoms with Gasteiger partial charge in [0.2, 0.25) is 17.7 Å². The molecule has 1 heterocycles. The van der Waals surface area contributed by atoms with Crippen molar-refractivity contribution in [1.82, 2.24) is 15.1 Å². The van der Waals surface area contributed by atoms with E-state index in [9.17, 15) is 14.4 Å². The number of methoxy groups -OCH3 is 1. The van der Waals surface area contributed by atoms with Crippen LogP contribution < -0.4 is 10.1 Å². The minimum absolute atomic E-state index is 0.0375. The van der Waals surface area contributed by atoms with E-state index in [-0.39, 0.29) is 29.7 Å². The van der Waals surface area contributed by atoms with Crippen LogP contribution in [0, 0.1) is 23.2 Å². The first-order valence-electron chi connectivity index (χ1n) is 13.9. The van der Waals surface area contributed by atoms with Gasteiger partial charge < -0.3 is 19.9 Å². The van der Waals surface area contributed by atoms with Gasteiger partial charge in [0, 0.05) is 39.0 Å². The van der Waals surface area contributed by atoms with Crippen molar-refractivity contribution in [3.05, 3.63) is 29.8 Å². The summed E-state index contributed by atoms with van der Waals surface area (Å²) < 4.78 is 5.19. The molecule has 6 rings (SSSR count). The third-order valence-corrected chi connectivity index (χ3v) is 9.13. The average Bonchev–Trinajstić information content (AvgIpc) is 3.12. The minimum Gasteiger partial charge on any atom is -0.497 e. The lowest BCUT2D eigenvalue weighted by molar-refractivity contribution is -0.135. The van der Waals surface area contributed by atoms with Gasteiger partial charge in [-0.3, -0.25) is 14.4 Å². The van der Waals surface area contributed by atoms with E-state index in [1.165, 1.54) is 38.5 Å². The second kappa shape index (κ2) is 10.8. The maximum absolute atomic E-state index is 12.9. The van der Waals surface area contributed by atoms with Crippen LogP contribution in [0.3, 0.4) is 0 Å². The number of benzene rings is 1. The van der Waals surface area contributed by atoms with Gasteiger partial charge in [-0.25, -0.2) is 0 Å². The van der Waals surface area contributed by atoms with Crippen LogP contribution in [0.1, 0.15) is 63.4 Å². The van der Waals surface area contributed by atoms with Crippen LogP contribution in [-0.2, 0) is 20.8 Å². The van der Waals surface area contributed by atoms with Crippen LogP contribution in [0.5, 0.6) is 5.75 Å². The van der Waals surface area contributed by atoms with Gasteiger partial charge in [0.15, 0.2) is 0 Å². The largest absolute Gasteiger partial charge is 0.497 e. The zero-order valence-electron chi connectivity index (χ0n) is 21.7. The molecular formula is C29H41N3O4. The van der Waals surface area contributed by atoms with Crippen LogP contribution >= 0.6 is 0 Å². The molecule has 0 unspecified atom stereocenters. The number of aryl methyl sites for hydroxylation is 1. The Morgan fingerprint density at radius 3 is 2.06 bits per heavy atom. The van der Waals surface area contributed by atoms with Crippen molar-refractivity contribution in [2.75, 3.05) is 39.8 Å². The number of carbonyl (C=O) groups is 3. The Kier molecular flexibility index (Phi) is 7.54. The van der Waals surface area contributed by atoms with Crippen LogP contribution in [0.2, 0.25) is 0 Å². The van der Waals surface area contributed by atoms with Crippen molar-refractivity contribution in [2.24, 2.45) is 23.2 Å². The average molecular weight is 496 g/mol. The first-order valence-corrected chi connectivity index (χ1v) is 13.9. The number of hydrogen-bond acceptors (Lipinski definition) is 4. The number of hydrogen-bond donors (Lipinski definition) is 1. The molecule has 1 saturated heterocycles. The van der Waals surface area contributed by atoms with E-state index >= 15 is 0 Å². The monoisotopic (exact) mass is 495 g/mol. The van der Waals surface area contributed by atoms with Gasteiger partial charge in [-0.2, -0.15) is 0 Å². The van der Waals surface area contributed by atoms with Gasteiger partial charge in [-0.1, -0.05) is 12.1 Å². The van der Waals surface area contributed by atoms with Crippen molar-refractivity contribution in [1.29, 1.82) is 0 Å². The van der Waals surface area contributed by atoms with Crippen LogP contribution in [-0.4, -0.2) is 67.4 Å². The van der Waals surface area contributed by atoms with Crippen LogP contribution in [0.25, 0.3) is 0 Å². The molecule has 0 radical (unpaired) electrons. The van der Waals surface area contributed by atoms with Gasteiger partial charge >= 0.3 is 0 Å². The quantitative estimate of drug-likeness (QED) is 0.600. The molecule has 0 aromatic heterocycles. The summed E-state index contributed by atoms with van der Waals surface area (Å²) in [4.78, 5) is 42.1. The predicted octanol–water partition coefficient (Wildman–Crippen LogP) is 3.41. The van der Waals surface area contributed by atoms with Gasteiger partial charge in [0.05, 0.1) is 13.7 Å². The van der Waals surface area contributed by atoms with Gasteiger partial charge in [0.1, 0.15) is 5.75 Å². The molecule has 1 aromatic carbocycles. The second-order valence-electron chi connectivity index (χ2n) is 11.8. The summed E-state index contributed by atoms with van der Waals surface area (Å²) in [6.45, 7) is 2.44. The highest BCUT2D eigenvalue weighted by Gasteiger charge is 2.51. The third-order valence-electron chi connectivity index (χ3n) is 9.13. The Labute approximate surface area is 214 Å². The fourth-order valence-corrected chi connectivity index (χ4v) is 7.81. The Bertz CT molecular complexity index is 924. The highest BCUT2D eigenvalue weighted by molar-refractivity contribution is 5.85. The van der Waals surface area contributed by atoms with Gasteiger partial charge in [-0.15, -0.1) is 0 Å². The van der Waals surface area contributed by atoms with Crippen molar-refractivity contribution in [3.8, 4) is 5.75 Å². The van der Waals surface area contributed by atoms with Crippen LogP contribution in [0.15, 0.2) is 24.3 Å². The van der Waals surface area contributed by atoms with E-state index in [2.05, 4.69) is 5.32 Å². The standard InChI is InChI=1S/C29H41N3O4/c1-36-25-6-3-21(4-7-25)5-8-27(34)31-9-2-10-32(12-11-31)28(35)20-30-26(33)19-29-16-22-13-23(17-29)15-24(14-22)18-29/h3-4,6-7,22-24H,2,5,8-20H2,1H3,(H,30,33). The van der Waals surface area contributed by atoms with Crippen LogP contribution in [0.4, 0.5) is 0 Å². The fourth-order valence-electron chi connectivity index (χ4n) is 7.81. The molecular weight excluding hydrogens is 454 g/mol. The molecule has 1 N–H and O–H groups in total. The summed E-state index contributed by atoms with van der Waals surface area (Å²) in [5.41, 5.74) is 1.30. The van der Waals surface area contributed by atoms with Crippen molar-refractivity contribution < 1.29 is 19.1 Å². The lowest BCUT2D eigenvalue weighted by atomic mass is 9.49. The second-order valence-corrected chi connectivity index (χ2v) is 11.8. The number of ether oxygens (including phenoxy) is 1. The maximum Gasteiger partial charge on any atom is 0.242 e. The number of nitrogens with one attached hydrogen (secondary N) is 1. The smallest absolute Gasteiger partial charge is 0.242 e. The zero-order chi connectivity index (χ0) is 25.1. The highest BCUT2D eigenvalue weighted by atomic mass is 16.5. The summed E-state index contributed by atoms with van der Waals surface area (Å²) in [5.74, 6) is 3.41. The number of amides is 3. The Morgan fingerprint density at radius 2 is 1.47 bits per heavy atom. The summed E-state index contributed by atoms with van der Waals surface area (Å²) in [6, 6.07) is 7.81. The molecule has 4 bridgehead atoms. The van der Waals surface area contributed by atoms with Gasteiger partial charge in [-0.05, 0) is 92.2 Å². The molecule has 4 aliphatic carbocycles. The zero-order valence-corrected chi connectivity index (χ0v) is 21.7. The molecule has 3 amide bonds. The topological polar surface area (TPSA) is 79.0 Å². The van der Waals surface area contributed by atoms with E-state index < -0.39 is 0 Å². The van der Waals surface area contributed by atoms with E-state index in [4.69, 9.17) is 4.74 Å². The summed E-state index contributed by atoms with van der Waals surface area (Å²) in [5, 5.41) is 2.94. The summed E-state index contributed by atoms with van der Waals surface area (Å²) in [7, 11) is 1.64. The number of nitrogens with zero attached hydrogens (tertiary/aromatic N) is 2. The Balaban J connectivity index is 1.04. The molecule has 5 fully saturated rings. The Morgan fingerprint density at radius 1 is 0.889 bits per heavy atom. The number of carbonyl (C=O) groups excluding carboxylic acids is 3. The SMILES string of the molecule is COc1ccc(CCC(=O)N2CCCN(C(=O)CNC(=O)CC34CC5CC(CC(C5)C3)C4)CC2)cc1. The van der Waals surface area contributed by atoms with Crippen molar-refractivity contribution >= 4 is 17.7 Å². The molecule has 4 saturated carbocycles. The third kappa shape index (κ3) is 5.87. The summed E-state index contributed by atoms with van der Waals surface area (Å²) >= 11 is 0. The lowest BCUT2D eigenvalue weighted by Crippen LogP contribution is -2.49. The summed E-state index contributed by atoms with van der Waals surface area (Å²) in [6.07, 6.45) is 10.2. The van der Waals surface area contributed by atoms with E-state index in [1.807, 2.05) is 34.1 Å². The minimum atomic E-state index is -0.0404. The molecule has 0 spiro atoms. The molecule has 0 atom stereocenters. The molecule has 1 aromatic rings. The fraction of sp³-hybridized carbons (Fsp3) is 0.690. The first kappa shape index (κ1) is 25.1. The van der Waals surface area contributed by atoms with Crippen molar-refractivity contribution in [2.45, 2.75) is 64.2 Å². The molecule has 5 aliphatic rings. The molecule has 196 valence electrons. The molecule has 7 nitrogen and oxygen atoms in total. The number of rotatable bonds is 8. The lowest BCUT2D eigenvalue weighted by Gasteiger charge is -2.56. The molecule has 1 aliphatic heterocycles. The Hall–Kier alpha value is -2.57. The molecule has 36 heavy (non-hydrogen) atoms.